The summed E-state index contributed by atoms with van der Waals surface area (Å²) < 4.78 is 10.7. The van der Waals surface area contributed by atoms with Gasteiger partial charge in [-0.25, -0.2) is 0 Å². The largest absolute Gasteiger partial charge is 0.497 e. The SMILES string of the molecule is CCCC1Oc2cc(OC)ccc2C1=O. The topological polar surface area (TPSA) is 35.5 Å². The van der Waals surface area contributed by atoms with Crippen molar-refractivity contribution in [3.63, 3.8) is 0 Å². The van der Waals surface area contributed by atoms with Gasteiger partial charge in [-0.3, -0.25) is 4.79 Å². The zero-order valence-electron chi connectivity index (χ0n) is 8.95. The average molecular weight is 206 g/mol. The summed E-state index contributed by atoms with van der Waals surface area (Å²) in [4.78, 5) is 11.8. The fourth-order valence-corrected chi connectivity index (χ4v) is 1.76. The lowest BCUT2D eigenvalue weighted by atomic mass is 10.1. The molecule has 0 N–H and O–H groups in total. The van der Waals surface area contributed by atoms with Crippen molar-refractivity contribution in [1.29, 1.82) is 0 Å². The number of Topliss-reactive ketones (excluding diaryl/α,β-unsaturated/α-hetero) is 1. The van der Waals surface area contributed by atoms with Crippen LogP contribution in [0.3, 0.4) is 0 Å². The number of carbonyl (C=O) groups is 1. The molecule has 1 unspecified atom stereocenters. The Morgan fingerprint density at radius 3 is 2.93 bits per heavy atom. The number of carbonyl (C=O) groups excluding carboxylic acids is 1. The first-order valence-electron chi connectivity index (χ1n) is 5.15. The van der Waals surface area contributed by atoms with Crippen molar-refractivity contribution in [2.75, 3.05) is 7.11 Å². The van der Waals surface area contributed by atoms with E-state index in [-0.39, 0.29) is 11.9 Å². The van der Waals surface area contributed by atoms with E-state index in [0.717, 1.165) is 18.6 Å². The van der Waals surface area contributed by atoms with Crippen LogP contribution in [-0.2, 0) is 0 Å². The number of methoxy groups -OCH3 is 1. The van der Waals surface area contributed by atoms with E-state index in [0.29, 0.717) is 11.3 Å². The Kier molecular flexibility index (Phi) is 2.62. The maximum absolute atomic E-state index is 11.8. The third-order valence-electron chi connectivity index (χ3n) is 2.57. The average Bonchev–Trinajstić information content (AvgIpc) is 2.56. The lowest BCUT2D eigenvalue weighted by Gasteiger charge is -2.06. The van der Waals surface area contributed by atoms with Gasteiger partial charge in [0.1, 0.15) is 11.5 Å². The summed E-state index contributed by atoms with van der Waals surface area (Å²) in [6, 6.07) is 5.32. The second-order valence-electron chi connectivity index (χ2n) is 3.62. The molecule has 0 spiro atoms. The molecule has 80 valence electrons. The summed E-state index contributed by atoms with van der Waals surface area (Å²) in [6.45, 7) is 2.04. The third-order valence-corrected chi connectivity index (χ3v) is 2.57. The number of ether oxygens (including phenoxy) is 2. The maximum Gasteiger partial charge on any atom is 0.207 e. The van der Waals surface area contributed by atoms with Crippen molar-refractivity contribution in [1.82, 2.24) is 0 Å². The Bertz CT molecular complexity index is 384. The van der Waals surface area contributed by atoms with Gasteiger partial charge in [-0.1, -0.05) is 13.3 Å². The molecule has 3 heteroatoms. The van der Waals surface area contributed by atoms with E-state index in [2.05, 4.69) is 0 Å². The second kappa shape index (κ2) is 3.93. The van der Waals surface area contributed by atoms with Crippen molar-refractivity contribution < 1.29 is 14.3 Å². The number of ketones is 1. The molecule has 1 atom stereocenters. The lowest BCUT2D eigenvalue weighted by molar-refractivity contribution is 0.0845. The quantitative estimate of drug-likeness (QED) is 0.762. The molecule has 1 aliphatic rings. The van der Waals surface area contributed by atoms with E-state index in [4.69, 9.17) is 9.47 Å². The monoisotopic (exact) mass is 206 g/mol. The summed E-state index contributed by atoms with van der Waals surface area (Å²) in [5.41, 5.74) is 0.675. The van der Waals surface area contributed by atoms with Gasteiger partial charge in [0.05, 0.1) is 12.7 Å². The van der Waals surface area contributed by atoms with Crippen LogP contribution in [0, 0.1) is 0 Å². The molecule has 1 heterocycles. The summed E-state index contributed by atoms with van der Waals surface area (Å²) in [5.74, 6) is 1.46. The van der Waals surface area contributed by atoms with E-state index >= 15 is 0 Å². The van der Waals surface area contributed by atoms with Crippen LogP contribution in [0.5, 0.6) is 11.5 Å². The van der Waals surface area contributed by atoms with Crippen molar-refractivity contribution in [3.8, 4) is 11.5 Å². The van der Waals surface area contributed by atoms with E-state index in [1.165, 1.54) is 0 Å². The molecule has 0 fully saturated rings. The highest BCUT2D eigenvalue weighted by atomic mass is 16.5. The molecule has 1 aromatic rings. The lowest BCUT2D eigenvalue weighted by Crippen LogP contribution is -2.19. The van der Waals surface area contributed by atoms with E-state index in [1.54, 1.807) is 25.3 Å². The second-order valence-corrected chi connectivity index (χ2v) is 3.62. The van der Waals surface area contributed by atoms with Crippen LogP contribution >= 0.6 is 0 Å². The minimum atomic E-state index is -0.294. The van der Waals surface area contributed by atoms with Crippen molar-refractivity contribution in [3.05, 3.63) is 23.8 Å². The first kappa shape index (κ1) is 10.0. The van der Waals surface area contributed by atoms with Crippen LogP contribution < -0.4 is 9.47 Å². The standard InChI is InChI=1S/C12H14O3/c1-3-4-10-12(13)9-6-5-8(14-2)7-11(9)15-10/h5-7,10H,3-4H2,1-2H3. The van der Waals surface area contributed by atoms with Gasteiger partial charge in [0.25, 0.3) is 0 Å². The molecule has 15 heavy (non-hydrogen) atoms. The number of benzene rings is 1. The van der Waals surface area contributed by atoms with Gasteiger partial charge in [0.2, 0.25) is 5.78 Å². The van der Waals surface area contributed by atoms with Gasteiger partial charge < -0.3 is 9.47 Å². The van der Waals surface area contributed by atoms with Crippen molar-refractivity contribution in [2.45, 2.75) is 25.9 Å². The maximum atomic E-state index is 11.8. The van der Waals surface area contributed by atoms with E-state index in [1.807, 2.05) is 6.92 Å². The van der Waals surface area contributed by atoms with E-state index in [9.17, 15) is 4.79 Å². The molecule has 1 aliphatic heterocycles. The van der Waals surface area contributed by atoms with Crippen LogP contribution in [0.15, 0.2) is 18.2 Å². The Morgan fingerprint density at radius 1 is 1.47 bits per heavy atom. The van der Waals surface area contributed by atoms with Crippen LogP contribution in [0.2, 0.25) is 0 Å². The molecule has 0 aliphatic carbocycles. The molecule has 0 saturated carbocycles. The van der Waals surface area contributed by atoms with Crippen LogP contribution in [0.25, 0.3) is 0 Å². The molecule has 1 aromatic carbocycles. The predicted molar refractivity (Wildman–Crippen MR) is 56.6 cm³/mol. The summed E-state index contributed by atoms with van der Waals surface area (Å²) >= 11 is 0. The summed E-state index contributed by atoms with van der Waals surface area (Å²) in [6.07, 6.45) is 1.43. The predicted octanol–water partition coefficient (Wildman–Crippen LogP) is 2.44. The Hall–Kier alpha value is -1.51. The first-order chi connectivity index (χ1) is 7.26. The Balaban J connectivity index is 2.28. The molecule has 2 rings (SSSR count). The van der Waals surface area contributed by atoms with Gasteiger partial charge >= 0.3 is 0 Å². The normalized spacial score (nSPS) is 18.5. The highest BCUT2D eigenvalue weighted by molar-refractivity contribution is 6.04. The third kappa shape index (κ3) is 1.69. The summed E-state index contributed by atoms with van der Waals surface area (Å²) in [5, 5.41) is 0. The van der Waals surface area contributed by atoms with Crippen molar-refractivity contribution in [2.24, 2.45) is 0 Å². The van der Waals surface area contributed by atoms with Crippen LogP contribution in [-0.4, -0.2) is 19.0 Å². The summed E-state index contributed by atoms with van der Waals surface area (Å²) in [7, 11) is 1.60. The Labute approximate surface area is 89.0 Å². The fourth-order valence-electron chi connectivity index (χ4n) is 1.76. The van der Waals surface area contributed by atoms with Gasteiger partial charge in [0.15, 0.2) is 6.10 Å². The number of rotatable bonds is 3. The highest BCUT2D eigenvalue weighted by Crippen LogP contribution is 2.33. The van der Waals surface area contributed by atoms with Crippen LogP contribution in [0.4, 0.5) is 0 Å². The van der Waals surface area contributed by atoms with Gasteiger partial charge in [-0.15, -0.1) is 0 Å². The molecule has 0 saturated heterocycles. The van der Waals surface area contributed by atoms with Gasteiger partial charge in [0, 0.05) is 6.07 Å². The number of hydrogen-bond donors (Lipinski definition) is 0. The van der Waals surface area contributed by atoms with Crippen LogP contribution in [0.1, 0.15) is 30.1 Å². The molecule has 0 bridgehead atoms. The van der Waals surface area contributed by atoms with Gasteiger partial charge in [-0.05, 0) is 18.6 Å². The fraction of sp³-hybridized carbons (Fsp3) is 0.417. The molecule has 0 radical (unpaired) electrons. The molecular formula is C12H14O3. The molecule has 0 amide bonds. The highest BCUT2D eigenvalue weighted by Gasteiger charge is 2.31. The molecule has 0 aromatic heterocycles. The minimum Gasteiger partial charge on any atom is -0.497 e. The zero-order valence-corrected chi connectivity index (χ0v) is 8.95. The number of fused-ring (bicyclic) bond motifs is 1. The van der Waals surface area contributed by atoms with Crippen molar-refractivity contribution >= 4 is 5.78 Å². The van der Waals surface area contributed by atoms with E-state index < -0.39 is 0 Å². The molecule has 3 nitrogen and oxygen atoms in total. The molecular weight excluding hydrogens is 192 g/mol. The first-order valence-corrected chi connectivity index (χ1v) is 5.15. The minimum absolute atomic E-state index is 0.0921. The number of hydrogen-bond acceptors (Lipinski definition) is 3. The smallest absolute Gasteiger partial charge is 0.207 e. The Morgan fingerprint density at radius 2 is 2.27 bits per heavy atom. The zero-order chi connectivity index (χ0) is 10.8. The van der Waals surface area contributed by atoms with Gasteiger partial charge in [-0.2, -0.15) is 0 Å².